The number of ether oxygens (including phenoxy) is 1. The Balaban J connectivity index is 1.61. The van der Waals surface area contributed by atoms with Gasteiger partial charge in [0.15, 0.2) is 15.7 Å². The predicted octanol–water partition coefficient (Wildman–Crippen LogP) is 0.952. The fraction of sp³-hybridized carbons (Fsp3) is 0.400. The molecule has 1 aromatic carbocycles. The zero-order chi connectivity index (χ0) is 17.0. The summed E-state index contributed by atoms with van der Waals surface area (Å²) >= 11 is 0. The third kappa shape index (κ3) is 3.98. The number of nitrogens with zero attached hydrogens (tertiary/aromatic N) is 2. The summed E-state index contributed by atoms with van der Waals surface area (Å²) in [5.74, 6) is -1.28. The summed E-state index contributed by atoms with van der Waals surface area (Å²) in [5.41, 5.74) is 0. The minimum atomic E-state index is -3.59. The van der Waals surface area contributed by atoms with Gasteiger partial charge in [0.25, 0.3) is 0 Å². The molecule has 8 nitrogen and oxygen atoms in total. The Morgan fingerprint density at radius 1 is 1.29 bits per heavy atom. The van der Waals surface area contributed by atoms with E-state index in [0.717, 1.165) is 12.8 Å². The van der Waals surface area contributed by atoms with Gasteiger partial charge in [-0.2, -0.15) is 4.98 Å². The van der Waals surface area contributed by atoms with Crippen molar-refractivity contribution in [1.29, 1.82) is 0 Å². The van der Waals surface area contributed by atoms with E-state index in [9.17, 15) is 13.2 Å². The summed E-state index contributed by atoms with van der Waals surface area (Å²) in [6, 6.07) is 7.97. The molecular weight excluding hydrogens is 334 g/mol. The number of hydrogen-bond acceptors (Lipinski definition) is 7. The summed E-state index contributed by atoms with van der Waals surface area (Å²) in [6.45, 7) is 1.06. The zero-order valence-corrected chi connectivity index (χ0v) is 13.7. The normalized spacial score (nSPS) is 17.8. The van der Waals surface area contributed by atoms with Crippen LogP contribution < -0.4 is 5.32 Å². The van der Waals surface area contributed by atoms with E-state index in [0.29, 0.717) is 13.2 Å². The van der Waals surface area contributed by atoms with Crippen LogP contribution in [0.1, 0.15) is 29.4 Å². The van der Waals surface area contributed by atoms with E-state index in [1.54, 1.807) is 18.2 Å². The van der Waals surface area contributed by atoms with Crippen molar-refractivity contribution in [2.45, 2.75) is 29.6 Å². The highest BCUT2D eigenvalue weighted by Gasteiger charge is 2.22. The Morgan fingerprint density at radius 3 is 2.79 bits per heavy atom. The molecule has 1 N–H and O–H groups in total. The van der Waals surface area contributed by atoms with Crippen LogP contribution in [0.25, 0.3) is 0 Å². The average molecular weight is 351 g/mol. The molecule has 2 aromatic rings. The minimum absolute atomic E-state index is 0.00481. The lowest BCUT2D eigenvalue weighted by Crippen LogP contribution is -2.31. The lowest BCUT2D eigenvalue weighted by atomic mass is 10.2. The van der Waals surface area contributed by atoms with E-state index in [4.69, 9.17) is 9.26 Å². The number of sulfone groups is 1. The first-order valence-corrected chi connectivity index (χ1v) is 9.20. The molecule has 1 fully saturated rings. The van der Waals surface area contributed by atoms with Crippen molar-refractivity contribution in [1.82, 2.24) is 15.5 Å². The highest BCUT2D eigenvalue weighted by molar-refractivity contribution is 7.90. The highest BCUT2D eigenvalue weighted by atomic mass is 32.2. The second kappa shape index (κ2) is 7.10. The van der Waals surface area contributed by atoms with Crippen LogP contribution in [0, 0.1) is 0 Å². The van der Waals surface area contributed by atoms with Crippen molar-refractivity contribution < 1.29 is 22.5 Å². The summed E-state index contributed by atoms with van der Waals surface area (Å²) in [5, 5.41) is 6.21. The van der Waals surface area contributed by atoms with Gasteiger partial charge in [0.2, 0.25) is 0 Å². The fourth-order valence-electron chi connectivity index (χ4n) is 2.37. The van der Waals surface area contributed by atoms with Gasteiger partial charge in [-0.05, 0) is 25.0 Å². The maximum atomic E-state index is 12.2. The number of amides is 1. The van der Waals surface area contributed by atoms with E-state index in [2.05, 4.69) is 15.5 Å². The zero-order valence-electron chi connectivity index (χ0n) is 12.8. The molecule has 0 aliphatic carbocycles. The summed E-state index contributed by atoms with van der Waals surface area (Å²) < 4.78 is 34.7. The molecule has 1 amide bonds. The van der Waals surface area contributed by atoms with Crippen LogP contribution in [0.5, 0.6) is 0 Å². The number of hydrogen-bond donors (Lipinski definition) is 1. The van der Waals surface area contributed by atoms with E-state index in [1.807, 2.05) is 0 Å². The third-order valence-electron chi connectivity index (χ3n) is 3.60. The summed E-state index contributed by atoms with van der Waals surface area (Å²) in [6.07, 6.45) is 1.86. The Hall–Kier alpha value is -2.26. The number of carbonyl (C=O) groups is 1. The van der Waals surface area contributed by atoms with Crippen LogP contribution in [-0.2, 0) is 20.3 Å². The van der Waals surface area contributed by atoms with Crippen LogP contribution in [0.2, 0.25) is 0 Å². The largest absolute Gasteiger partial charge is 0.376 e. The smallest absolute Gasteiger partial charge is 0.315 e. The molecule has 1 aliphatic heterocycles. The van der Waals surface area contributed by atoms with Crippen LogP contribution in [0.15, 0.2) is 39.8 Å². The molecule has 1 atom stereocenters. The Labute approximate surface area is 139 Å². The van der Waals surface area contributed by atoms with Crippen molar-refractivity contribution in [3.63, 3.8) is 0 Å². The molecule has 0 unspecified atom stereocenters. The molecule has 1 saturated heterocycles. The van der Waals surface area contributed by atoms with Gasteiger partial charge in [-0.25, -0.2) is 8.42 Å². The quantitative estimate of drug-likeness (QED) is 0.824. The fourth-order valence-corrected chi connectivity index (χ4v) is 3.57. The number of nitrogens with one attached hydrogen (secondary N) is 1. The summed E-state index contributed by atoms with van der Waals surface area (Å²) in [4.78, 5) is 16.0. The van der Waals surface area contributed by atoms with Crippen molar-refractivity contribution in [3.8, 4) is 0 Å². The molecule has 24 heavy (non-hydrogen) atoms. The second-order valence-corrected chi connectivity index (χ2v) is 7.42. The Morgan fingerprint density at radius 2 is 2.08 bits per heavy atom. The average Bonchev–Trinajstić information content (AvgIpc) is 3.25. The first kappa shape index (κ1) is 16.6. The van der Waals surface area contributed by atoms with Crippen molar-refractivity contribution in [2.75, 3.05) is 13.2 Å². The van der Waals surface area contributed by atoms with Gasteiger partial charge >= 0.3 is 11.8 Å². The number of benzene rings is 1. The molecule has 3 rings (SSSR count). The molecule has 9 heteroatoms. The summed E-state index contributed by atoms with van der Waals surface area (Å²) in [7, 11) is -3.59. The van der Waals surface area contributed by atoms with Gasteiger partial charge in [-0.3, -0.25) is 4.79 Å². The van der Waals surface area contributed by atoms with E-state index in [-0.39, 0.29) is 22.7 Å². The molecular formula is C15H17N3O5S. The van der Waals surface area contributed by atoms with Gasteiger partial charge in [-0.1, -0.05) is 23.4 Å². The van der Waals surface area contributed by atoms with Crippen LogP contribution in [-0.4, -0.2) is 43.7 Å². The van der Waals surface area contributed by atoms with Gasteiger partial charge in [0, 0.05) is 13.2 Å². The third-order valence-corrected chi connectivity index (χ3v) is 5.23. The molecule has 2 heterocycles. The first-order valence-electron chi connectivity index (χ1n) is 7.55. The van der Waals surface area contributed by atoms with Crippen molar-refractivity contribution >= 4 is 15.7 Å². The van der Waals surface area contributed by atoms with Crippen LogP contribution in [0.3, 0.4) is 0 Å². The van der Waals surface area contributed by atoms with E-state index >= 15 is 0 Å². The molecule has 1 aliphatic rings. The predicted molar refractivity (Wildman–Crippen MR) is 82.9 cm³/mol. The highest BCUT2D eigenvalue weighted by Crippen LogP contribution is 2.14. The second-order valence-electron chi connectivity index (χ2n) is 5.43. The first-order chi connectivity index (χ1) is 11.5. The molecule has 0 saturated carbocycles. The van der Waals surface area contributed by atoms with Crippen molar-refractivity contribution in [2.24, 2.45) is 0 Å². The van der Waals surface area contributed by atoms with Gasteiger partial charge < -0.3 is 14.6 Å². The number of aromatic nitrogens is 2. The molecule has 0 spiro atoms. The lowest BCUT2D eigenvalue weighted by molar-refractivity contribution is 0.0822. The van der Waals surface area contributed by atoms with Gasteiger partial charge in [-0.15, -0.1) is 0 Å². The van der Waals surface area contributed by atoms with Gasteiger partial charge in [0.05, 0.1) is 11.0 Å². The monoisotopic (exact) mass is 351 g/mol. The van der Waals surface area contributed by atoms with E-state index in [1.165, 1.54) is 12.1 Å². The Kier molecular flexibility index (Phi) is 4.91. The topological polar surface area (TPSA) is 111 Å². The number of carbonyl (C=O) groups excluding carboxylic acids is 1. The lowest BCUT2D eigenvalue weighted by Gasteiger charge is -2.08. The SMILES string of the molecule is O=C(NC[C@@H]1CCCO1)c1nc(CS(=O)(=O)c2ccccc2)no1. The van der Waals surface area contributed by atoms with Crippen LogP contribution >= 0.6 is 0 Å². The standard InChI is InChI=1S/C15H17N3O5S/c19-14(16-9-11-5-4-8-22-11)15-17-13(18-23-15)10-24(20,21)12-6-2-1-3-7-12/h1-3,6-7,11H,4-5,8-10H2,(H,16,19)/t11-/m0/s1. The molecule has 1 aromatic heterocycles. The Bertz CT molecular complexity index is 798. The number of rotatable bonds is 6. The minimum Gasteiger partial charge on any atom is -0.376 e. The maximum absolute atomic E-state index is 12.2. The molecule has 0 radical (unpaired) electrons. The van der Waals surface area contributed by atoms with Crippen LogP contribution in [0.4, 0.5) is 0 Å². The van der Waals surface area contributed by atoms with E-state index < -0.39 is 21.5 Å². The van der Waals surface area contributed by atoms with Crippen molar-refractivity contribution in [3.05, 3.63) is 42.0 Å². The molecule has 128 valence electrons. The molecule has 0 bridgehead atoms. The van der Waals surface area contributed by atoms with Gasteiger partial charge in [0.1, 0.15) is 5.75 Å². The maximum Gasteiger partial charge on any atom is 0.315 e.